The lowest BCUT2D eigenvalue weighted by atomic mass is 9.79. The maximum atomic E-state index is 12.6. The molecule has 0 aromatic heterocycles. The first kappa shape index (κ1) is 23.1. The summed E-state index contributed by atoms with van der Waals surface area (Å²) < 4.78 is 5.85. The van der Waals surface area contributed by atoms with Crippen LogP contribution in [0, 0.1) is 0 Å². The van der Waals surface area contributed by atoms with Crippen molar-refractivity contribution in [1.82, 2.24) is 10.6 Å². The zero-order chi connectivity index (χ0) is 22.6. The van der Waals surface area contributed by atoms with Gasteiger partial charge in [0.2, 0.25) is 0 Å². The van der Waals surface area contributed by atoms with Gasteiger partial charge in [0.05, 0.1) is 5.69 Å². The lowest BCUT2D eigenvalue weighted by Gasteiger charge is -2.46. The number of amides is 2. The zero-order valence-electron chi connectivity index (χ0n) is 18.4. The Balaban J connectivity index is 1.65. The van der Waals surface area contributed by atoms with Crippen LogP contribution in [-0.4, -0.2) is 28.9 Å². The van der Waals surface area contributed by atoms with E-state index in [4.69, 9.17) is 16.3 Å². The lowest BCUT2D eigenvalue weighted by Crippen LogP contribution is -2.62. The highest BCUT2D eigenvalue weighted by molar-refractivity contribution is 6.40. The fourth-order valence-electron chi connectivity index (χ4n) is 4.31. The molecule has 31 heavy (non-hydrogen) atoms. The van der Waals surface area contributed by atoms with E-state index in [1.54, 1.807) is 18.2 Å². The first-order chi connectivity index (χ1) is 14.5. The smallest absolute Gasteiger partial charge is 0.313 e. The zero-order valence-corrected chi connectivity index (χ0v) is 19.2. The van der Waals surface area contributed by atoms with E-state index in [9.17, 15) is 9.59 Å². The Bertz CT molecular complexity index is 928. The maximum Gasteiger partial charge on any atom is 0.313 e. The highest BCUT2D eigenvalue weighted by atomic mass is 35.5. The number of hydrogen-bond acceptors (Lipinski definition) is 4. The Labute approximate surface area is 188 Å². The SMILES string of the molecule is CC1(C)CC(NC(=O)C(=O)Nc2ccc(Cl)cc2OCc2ccccc2)CC(C)(C)N1. The van der Waals surface area contributed by atoms with Crippen LogP contribution in [-0.2, 0) is 16.2 Å². The molecule has 2 amide bonds. The minimum Gasteiger partial charge on any atom is -0.487 e. The second-order valence-electron chi connectivity index (χ2n) is 9.34. The van der Waals surface area contributed by atoms with Crippen molar-refractivity contribution in [1.29, 1.82) is 0 Å². The summed E-state index contributed by atoms with van der Waals surface area (Å²) in [5, 5.41) is 9.58. The van der Waals surface area contributed by atoms with Crippen molar-refractivity contribution in [2.24, 2.45) is 0 Å². The Morgan fingerprint density at radius 3 is 2.32 bits per heavy atom. The van der Waals surface area contributed by atoms with Crippen molar-refractivity contribution in [2.75, 3.05) is 5.32 Å². The Morgan fingerprint density at radius 1 is 1.03 bits per heavy atom. The van der Waals surface area contributed by atoms with Gasteiger partial charge < -0.3 is 20.7 Å². The summed E-state index contributed by atoms with van der Waals surface area (Å²) in [6.45, 7) is 8.69. The van der Waals surface area contributed by atoms with E-state index in [2.05, 4.69) is 43.6 Å². The van der Waals surface area contributed by atoms with E-state index in [1.165, 1.54) is 0 Å². The van der Waals surface area contributed by atoms with Crippen LogP contribution in [0.5, 0.6) is 5.75 Å². The molecule has 3 rings (SSSR count). The van der Waals surface area contributed by atoms with Gasteiger partial charge in [0.25, 0.3) is 0 Å². The van der Waals surface area contributed by atoms with Crippen molar-refractivity contribution in [2.45, 2.75) is 64.3 Å². The van der Waals surface area contributed by atoms with Gasteiger partial charge in [-0.15, -0.1) is 0 Å². The van der Waals surface area contributed by atoms with Crippen molar-refractivity contribution in [3.05, 3.63) is 59.1 Å². The van der Waals surface area contributed by atoms with Gasteiger partial charge in [-0.3, -0.25) is 9.59 Å². The standard InChI is InChI=1S/C24H30ClN3O3/c1-23(2)13-18(14-24(3,4)28-23)26-21(29)22(30)27-19-11-10-17(25)12-20(19)31-15-16-8-6-5-7-9-16/h5-12,18,28H,13-15H2,1-4H3,(H,26,29)(H,27,30). The molecule has 2 aromatic carbocycles. The lowest BCUT2D eigenvalue weighted by molar-refractivity contribution is -0.137. The van der Waals surface area contributed by atoms with Gasteiger partial charge >= 0.3 is 11.8 Å². The monoisotopic (exact) mass is 443 g/mol. The van der Waals surface area contributed by atoms with Crippen molar-refractivity contribution in [3.8, 4) is 5.75 Å². The summed E-state index contributed by atoms with van der Waals surface area (Å²) in [5.41, 5.74) is 1.11. The van der Waals surface area contributed by atoms with E-state index in [0.29, 0.717) is 23.1 Å². The average Bonchev–Trinajstić information content (AvgIpc) is 2.66. The van der Waals surface area contributed by atoms with Crippen LogP contribution in [0.1, 0.15) is 46.1 Å². The maximum absolute atomic E-state index is 12.6. The molecule has 6 nitrogen and oxygen atoms in total. The molecule has 7 heteroatoms. The molecule has 2 aromatic rings. The summed E-state index contributed by atoms with van der Waals surface area (Å²) in [6.07, 6.45) is 1.48. The molecule has 1 saturated heterocycles. The summed E-state index contributed by atoms with van der Waals surface area (Å²) in [6, 6.07) is 14.5. The van der Waals surface area contributed by atoms with Gasteiger partial charge in [0, 0.05) is 28.2 Å². The summed E-state index contributed by atoms with van der Waals surface area (Å²) in [5.74, 6) is -0.995. The number of benzene rings is 2. The van der Waals surface area contributed by atoms with Crippen LogP contribution in [0.25, 0.3) is 0 Å². The molecule has 1 fully saturated rings. The summed E-state index contributed by atoms with van der Waals surface area (Å²) in [4.78, 5) is 25.2. The molecule has 0 aliphatic carbocycles. The Morgan fingerprint density at radius 2 is 1.68 bits per heavy atom. The third-order valence-electron chi connectivity index (χ3n) is 5.16. The topological polar surface area (TPSA) is 79.5 Å². The molecule has 0 bridgehead atoms. The van der Waals surface area contributed by atoms with E-state index >= 15 is 0 Å². The molecule has 1 aliphatic rings. The molecule has 3 N–H and O–H groups in total. The van der Waals surface area contributed by atoms with Gasteiger partial charge in [-0.25, -0.2) is 0 Å². The number of piperidine rings is 1. The van der Waals surface area contributed by atoms with Crippen LogP contribution < -0.4 is 20.7 Å². The van der Waals surface area contributed by atoms with E-state index in [1.807, 2.05) is 30.3 Å². The number of rotatable bonds is 5. The Kier molecular flexibility index (Phi) is 6.92. The molecular weight excluding hydrogens is 414 g/mol. The third-order valence-corrected chi connectivity index (χ3v) is 5.40. The minimum absolute atomic E-state index is 0.0940. The number of carbonyl (C=O) groups excluding carboxylic acids is 2. The minimum atomic E-state index is -0.735. The molecule has 0 saturated carbocycles. The van der Waals surface area contributed by atoms with Gasteiger partial charge in [-0.05, 0) is 58.2 Å². The highest BCUT2D eigenvalue weighted by Gasteiger charge is 2.38. The Hall–Kier alpha value is -2.57. The molecule has 166 valence electrons. The molecule has 0 unspecified atom stereocenters. The largest absolute Gasteiger partial charge is 0.487 e. The van der Waals surface area contributed by atoms with Crippen LogP contribution in [0.15, 0.2) is 48.5 Å². The van der Waals surface area contributed by atoms with Crippen LogP contribution in [0.4, 0.5) is 5.69 Å². The van der Waals surface area contributed by atoms with Gasteiger partial charge in [0.15, 0.2) is 0 Å². The van der Waals surface area contributed by atoms with Crippen molar-refractivity contribution >= 4 is 29.1 Å². The van der Waals surface area contributed by atoms with Crippen LogP contribution >= 0.6 is 11.6 Å². The number of anilines is 1. The van der Waals surface area contributed by atoms with Gasteiger partial charge in [-0.1, -0.05) is 41.9 Å². The number of hydrogen-bond donors (Lipinski definition) is 3. The average molecular weight is 444 g/mol. The van der Waals surface area contributed by atoms with Crippen LogP contribution in [0.3, 0.4) is 0 Å². The van der Waals surface area contributed by atoms with Gasteiger partial charge in [0.1, 0.15) is 12.4 Å². The summed E-state index contributed by atoms with van der Waals surface area (Å²) in [7, 11) is 0. The molecule has 1 heterocycles. The van der Waals surface area contributed by atoms with Crippen LogP contribution in [0.2, 0.25) is 5.02 Å². The van der Waals surface area contributed by atoms with E-state index < -0.39 is 11.8 Å². The number of nitrogens with one attached hydrogen (secondary N) is 3. The quantitative estimate of drug-likeness (QED) is 0.602. The molecule has 0 atom stereocenters. The first-order valence-corrected chi connectivity index (χ1v) is 10.8. The third kappa shape index (κ3) is 6.71. The number of ether oxygens (including phenoxy) is 1. The van der Waals surface area contributed by atoms with Gasteiger partial charge in [-0.2, -0.15) is 0 Å². The fraction of sp³-hybridized carbons (Fsp3) is 0.417. The second kappa shape index (κ2) is 9.28. The summed E-state index contributed by atoms with van der Waals surface area (Å²) >= 11 is 6.10. The van der Waals surface area contributed by atoms with E-state index in [-0.39, 0.29) is 17.1 Å². The molecule has 0 radical (unpaired) electrons. The molecule has 0 spiro atoms. The second-order valence-corrected chi connectivity index (χ2v) is 9.78. The first-order valence-electron chi connectivity index (χ1n) is 10.4. The number of halogens is 1. The van der Waals surface area contributed by atoms with E-state index in [0.717, 1.165) is 18.4 Å². The molecular formula is C24H30ClN3O3. The number of carbonyl (C=O) groups is 2. The fourth-order valence-corrected chi connectivity index (χ4v) is 4.47. The predicted molar refractivity (Wildman–Crippen MR) is 123 cm³/mol. The van der Waals surface area contributed by atoms with Crippen molar-refractivity contribution in [3.63, 3.8) is 0 Å². The normalized spacial score (nSPS) is 17.6. The predicted octanol–water partition coefficient (Wildman–Crippen LogP) is 4.28. The van der Waals surface area contributed by atoms with Crippen molar-refractivity contribution < 1.29 is 14.3 Å². The molecule has 1 aliphatic heterocycles. The highest BCUT2D eigenvalue weighted by Crippen LogP contribution is 2.30.